The Morgan fingerprint density at radius 1 is 0.389 bits per heavy atom. The topological polar surface area (TPSA) is 163 Å². The van der Waals surface area contributed by atoms with Gasteiger partial charge in [0.25, 0.3) is 0 Å². The molecule has 2 heterocycles. The quantitative estimate of drug-likeness (QED) is 0.0696. The van der Waals surface area contributed by atoms with Gasteiger partial charge in [0.05, 0.1) is 24.8 Å². The minimum absolute atomic E-state index is 0.0704. The molecule has 0 bridgehead atoms. The van der Waals surface area contributed by atoms with Crippen molar-refractivity contribution in [1.29, 1.82) is 0 Å². The molecule has 90 heavy (non-hydrogen) atoms. The first kappa shape index (κ1) is 60.6. The molecular formula is C78H68N6O6. The number of phenolic OH excluding ortho intramolecular Hbond substituents is 2. The Hall–Kier alpha value is -11.1. The van der Waals surface area contributed by atoms with E-state index in [1.165, 1.54) is 26.0 Å². The molecule has 12 rings (SSSR count). The van der Waals surface area contributed by atoms with Crippen molar-refractivity contribution in [2.75, 3.05) is 13.7 Å². The molecule has 0 amide bonds. The van der Waals surface area contributed by atoms with Gasteiger partial charge in [-0.1, -0.05) is 251 Å². The summed E-state index contributed by atoms with van der Waals surface area (Å²) in [7, 11) is 1.29. The number of phenols is 2. The largest absolute Gasteiger partial charge is 0.507 e. The Kier molecular flexibility index (Phi) is 19.6. The molecule has 2 atom stereocenters. The molecule has 0 radical (unpaired) electrons. The molecular weight excluding hydrogens is 1120 g/mol. The maximum absolute atomic E-state index is 11.8. The third-order valence-corrected chi connectivity index (χ3v) is 15.6. The van der Waals surface area contributed by atoms with Gasteiger partial charge >= 0.3 is 5.97 Å². The molecule has 10 aromatic carbocycles. The van der Waals surface area contributed by atoms with Crippen molar-refractivity contribution in [3.8, 4) is 136 Å². The molecule has 0 saturated heterocycles. The molecule has 12 aromatic rings. The van der Waals surface area contributed by atoms with Gasteiger partial charge in [-0.05, 0) is 88.0 Å². The highest BCUT2D eigenvalue weighted by molar-refractivity contribution is 5.77. The lowest BCUT2D eigenvalue weighted by Crippen LogP contribution is -2.24. The van der Waals surface area contributed by atoms with Gasteiger partial charge in [0.15, 0.2) is 41.1 Å². The Morgan fingerprint density at radius 2 is 0.689 bits per heavy atom. The van der Waals surface area contributed by atoms with Crippen LogP contribution in [0.4, 0.5) is 0 Å². The van der Waals surface area contributed by atoms with E-state index in [1.807, 2.05) is 158 Å². The molecule has 0 aliphatic rings. The van der Waals surface area contributed by atoms with Crippen LogP contribution in [0.3, 0.4) is 0 Å². The lowest BCUT2D eigenvalue weighted by molar-refractivity contribution is -0.147. The molecule has 2 unspecified atom stereocenters. The van der Waals surface area contributed by atoms with Crippen LogP contribution in [-0.2, 0) is 9.53 Å². The van der Waals surface area contributed by atoms with Crippen LogP contribution in [0, 0.1) is 5.92 Å². The lowest BCUT2D eigenvalue weighted by atomic mass is 10.0. The fourth-order valence-electron chi connectivity index (χ4n) is 10.4. The molecule has 446 valence electrons. The van der Waals surface area contributed by atoms with E-state index in [0.29, 0.717) is 70.1 Å². The number of carbonyl (C=O) groups excluding carboxylic acids is 1. The Labute approximate surface area is 525 Å². The van der Waals surface area contributed by atoms with E-state index in [-0.39, 0.29) is 11.5 Å². The van der Waals surface area contributed by atoms with Crippen LogP contribution < -0.4 is 9.47 Å². The van der Waals surface area contributed by atoms with Crippen LogP contribution in [-0.4, -0.2) is 65.9 Å². The summed E-state index contributed by atoms with van der Waals surface area (Å²) in [5, 5.41) is 22.2. The number of unbranched alkanes of at least 4 members (excludes halogenated alkanes) is 1. The van der Waals surface area contributed by atoms with Crippen molar-refractivity contribution in [3.05, 3.63) is 255 Å². The summed E-state index contributed by atoms with van der Waals surface area (Å²) >= 11 is 0. The summed E-state index contributed by atoms with van der Waals surface area (Å²) < 4.78 is 16.5. The first-order valence-electron chi connectivity index (χ1n) is 30.3. The third kappa shape index (κ3) is 15.0. The second-order valence-electron chi connectivity index (χ2n) is 21.8. The molecule has 12 nitrogen and oxygen atoms in total. The Balaban J connectivity index is 0.000000185. The normalized spacial score (nSPS) is 11.6. The monoisotopic (exact) mass is 1180 g/mol. The number of ether oxygens (including phenoxy) is 3. The lowest BCUT2D eigenvalue weighted by Gasteiger charge is -2.16. The molecule has 0 fully saturated rings. The smallest absolute Gasteiger partial charge is 0.346 e. The Morgan fingerprint density at radius 3 is 1.00 bits per heavy atom. The van der Waals surface area contributed by atoms with Crippen LogP contribution in [0.25, 0.3) is 113 Å². The van der Waals surface area contributed by atoms with E-state index in [0.717, 1.165) is 79.6 Å². The second kappa shape index (κ2) is 29.1. The molecule has 2 aromatic heterocycles. The second-order valence-corrected chi connectivity index (χ2v) is 21.8. The maximum Gasteiger partial charge on any atom is 0.346 e. The number of rotatable bonds is 20. The summed E-state index contributed by atoms with van der Waals surface area (Å²) in [5.74, 6) is 3.61. The van der Waals surface area contributed by atoms with Crippen molar-refractivity contribution >= 4 is 5.97 Å². The predicted octanol–water partition coefficient (Wildman–Crippen LogP) is 18.4. The van der Waals surface area contributed by atoms with Crippen LogP contribution in [0.1, 0.15) is 46.5 Å². The highest BCUT2D eigenvalue weighted by Gasteiger charge is 2.21. The van der Waals surface area contributed by atoms with Crippen molar-refractivity contribution in [2.45, 2.75) is 52.6 Å². The molecule has 12 heteroatoms. The number of carbonyl (C=O) groups is 1. The van der Waals surface area contributed by atoms with Crippen LogP contribution in [0.2, 0.25) is 0 Å². The molecule has 0 aliphatic heterocycles. The van der Waals surface area contributed by atoms with E-state index in [1.54, 1.807) is 25.1 Å². The fraction of sp³-hybridized carbons (Fsp3) is 0.141. The van der Waals surface area contributed by atoms with E-state index in [9.17, 15) is 15.0 Å². The van der Waals surface area contributed by atoms with Crippen molar-refractivity contribution in [3.63, 3.8) is 0 Å². The van der Waals surface area contributed by atoms with E-state index in [4.69, 9.17) is 44.1 Å². The van der Waals surface area contributed by atoms with Crippen LogP contribution in [0.5, 0.6) is 23.0 Å². The zero-order chi connectivity index (χ0) is 62.2. The predicted molar refractivity (Wildman–Crippen MR) is 358 cm³/mol. The van der Waals surface area contributed by atoms with Crippen molar-refractivity contribution < 1.29 is 29.2 Å². The van der Waals surface area contributed by atoms with Gasteiger partial charge in [0.1, 0.15) is 23.0 Å². The van der Waals surface area contributed by atoms with Gasteiger partial charge in [0, 0.05) is 34.4 Å². The van der Waals surface area contributed by atoms with E-state index in [2.05, 4.69) is 86.6 Å². The molecule has 2 N–H and O–H groups in total. The van der Waals surface area contributed by atoms with Crippen LogP contribution in [0.15, 0.2) is 255 Å². The first-order valence-corrected chi connectivity index (χ1v) is 30.3. The van der Waals surface area contributed by atoms with Crippen molar-refractivity contribution in [2.24, 2.45) is 5.92 Å². The number of esters is 1. The third-order valence-electron chi connectivity index (χ3n) is 15.6. The molecule has 0 spiro atoms. The average molecular weight is 1190 g/mol. The molecule has 0 aliphatic carbocycles. The SMILES string of the molecule is CCCCC(CC)COc1ccc(-c2nc(-c3ccc(-c4ccccc4)cc3)nc(-c3ccc(-c4ccccc4)cc3)n2)c(O)c1.COC(=O)C(C)Oc1ccc(-c2nc(-c3ccc(-c4ccccc4)cc3)nc(-c3ccc(-c4ccccc4)cc3)n2)c(O)c1. The van der Waals surface area contributed by atoms with Gasteiger partial charge in [-0.25, -0.2) is 34.7 Å². The number of hydrogen-bond donors (Lipinski definition) is 2. The number of nitrogens with zero attached hydrogens (tertiary/aromatic N) is 6. The minimum atomic E-state index is -0.835. The average Bonchev–Trinajstić information content (AvgIpc) is 3.74. The maximum atomic E-state index is 11.8. The number of hydrogen-bond acceptors (Lipinski definition) is 12. The number of methoxy groups -OCH3 is 1. The highest BCUT2D eigenvalue weighted by atomic mass is 16.6. The number of aromatic hydroxyl groups is 2. The first-order chi connectivity index (χ1) is 44.1. The minimum Gasteiger partial charge on any atom is -0.507 e. The van der Waals surface area contributed by atoms with Gasteiger partial charge in [-0.2, -0.15) is 0 Å². The van der Waals surface area contributed by atoms with E-state index < -0.39 is 12.1 Å². The van der Waals surface area contributed by atoms with Gasteiger partial charge in [-0.15, -0.1) is 0 Å². The van der Waals surface area contributed by atoms with Gasteiger partial charge in [0.2, 0.25) is 0 Å². The fourth-order valence-corrected chi connectivity index (χ4v) is 10.4. The summed E-state index contributed by atoms with van der Waals surface area (Å²) in [6.07, 6.45) is 3.75. The Bertz CT molecular complexity index is 4110. The summed E-state index contributed by atoms with van der Waals surface area (Å²) in [6, 6.07) is 83.5. The van der Waals surface area contributed by atoms with Crippen LogP contribution >= 0.6 is 0 Å². The standard InChI is InChI=1S/C41H39N3O2.C37H29N3O4/c1-3-5-12-29(4-2)28-46-36-25-26-37(38(45)27-36)41-43-39(34-21-17-32(18-22-34)30-13-8-6-9-14-30)42-40(44-41)35-23-19-33(20-24-35)31-15-10-7-11-16-31;1-24(37(42)43-2)44-31-21-22-32(33(41)23-31)36-39-34(29-17-13-27(14-18-29)25-9-5-3-6-10-25)38-35(40-36)30-19-15-28(16-20-30)26-11-7-4-8-12-26/h6-11,13-27,29,45H,3-5,12,28H2,1-2H3;3-24,41H,1-2H3. The molecule has 0 saturated carbocycles. The zero-order valence-corrected chi connectivity index (χ0v) is 50.6. The van der Waals surface area contributed by atoms with E-state index >= 15 is 0 Å². The van der Waals surface area contributed by atoms with Gasteiger partial charge in [-0.3, -0.25) is 0 Å². The zero-order valence-electron chi connectivity index (χ0n) is 50.6. The highest BCUT2D eigenvalue weighted by Crippen LogP contribution is 2.37. The summed E-state index contributed by atoms with van der Waals surface area (Å²) in [6.45, 7) is 6.62. The summed E-state index contributed by atoms with van der Waals surface area (Å²) in [4.78, 5) is 40.8. The number of aromatic nitrogens is 6. The summed E-state index contributed by atoms with van der Waals surface area (Å²) in [5.41, 5.74) is 13.2. The number of benzene rings is 10. The van der Waals surface area contributed by atoms with Crippen molar-refractivity contribution in [1.82, 2.24) is 29.9 Å². The van der Waals surface area contributed by atoms with Gasteiger partial charge < -0.3 is 24.4 Å².